The average Bonchev–Trinajstić information content (AvgIpc) is 3.80. The van der Waals surface area contributed by atoms with Crippen molar-refractivity contribution in [3.8, 4) is 5.75 Å². The number of nitrogens with one attached hydrogen (secondary N) is 1. The molecule has 3 aliphatic rings. The lowest BCUT2D eigenvalue weighted by Gasteiger charge is -2.40. The van der Waals surface area contributed by atoms with Crippen LogP contribution in [0.2, 0.25) is 0 Å². The summed E-state index contributed by atoms with van der Waals surface area (Å²) in [7, 11) is 1.61. The van der Waals surface area contributed by atoms with E-state index in [0.29, 0.717) is 13.0 Å². The van der Waals surface area contributed by atoms with Crippen LogP contribution in [-0.4, -0.2) is 73.1 Å². The van der Waals surface area contributed by atoms with Crippen molar-refractivity contribution in [2.75, 3.05) is 20.3 Å². The summed E-state index contributed by atoms with van der Waals surface area (Å²) in [5.74, 6) is 0.0449. The second-order valence-electron chi connectivity index (χ2n) is 11.1. The van der Waals surface area contributed by atoms with Crippen LogP contribution in [0, 0.1) is 16.0 Å². The number of nitrogens with zero attached hydrogens (tertiary/aromatic N) is 1. The van der Waals surface area contributed by atoms with E-state index in [9.17, 15) is 19.7 Å². The maximum absolute atomic E-state index is 12.8. The number of nitro groups is 1. The number of non-ortho nitro benzene ring substituents is 1. The second-order valence-corrected chi connectivity index (χ2v) is 11.1. The van der Waals surface area contributed by atoms with Crippen LogP contribution in [0.25, 0.3) is 0 Å². The lowest BCUT2D eigenvalue weighted by atomic mass is 9.73. The third-order valence-electron chi connectivity index (χ3n) is 7.20. The molecule has 5 unspecified atom stereocenters. The number of hydrogen-bond donors (Lipinski definition) is 1. The lowest BCUT2D eigenvalue weighted by Crippen LogP contribution is -2.55. The van der Waals surface area contributed by atoms with Crippen LogP contribution < -0.4 is 10.1 Å². The van der Waals surface area contributed by atoms with Gasteiger partial charge in [-0.2, -0.15) is 0 Å². The average molecular weight is 549 g/mol. The number of carbonyl (C=O) groups is 2. The Hall–Kier alpha value is -3.22. The van der Waals surface area contributed by atoms with Crippen molar-refractivity contribution in [1.82, 2.24) is 5.32 Å². The monoisotopic (exact) mass is 548 g/mol. The number of rotatable bonds is 10. The molecular weight excluding hydrogens is 512 g/mol. The smallest absolute Gasteiger partial charge is 0.443 e. The largest absolute Gasteiger partial charge is 0.513 e. The molecule has 12 heteroatoms. The normalized spacial score (nSPS) is 29.2. The van der Waals surface area contributed by atoms with E-state index in [0.717, 1.165) is 12.8 Å². The van der Waals surface area contributed by atoms with Crippen molar-refractivity contribution in [2.24, 2.45) is 5.92 Å². The summed E-state index contributed by atoms with van der Waals surface area (Å²) >= 11 is 0. The third kappa shape index (κ3) is 7.25. The van der Waals surface area contributed by atoms with E-state index in [1.54, 1.807) is 21.0 Å². The minimum absolute atomic E-state index is 0.0193. The van der Waals surface area contributed by atoms with Crippen molar-refractivity contribution in [3.05, 3.63) is 46.0 Å². The van der Waals surface area contributed by atoms with Crippen molar-refractivity contribution in [3.63, 3.8) is 0 Å². The Morgan fingerprint density at radius 3 is 2.54 bits per heavy atom. The number of epoxide rings is 2. The lowest BCUT2D eigenvalue weighted by molar-refractivity contribution is -0.384. The van der Waals surface area contributed by atoms with Crippen LogP contribution in [0.4, 0.5) is 15.3 Å². The summed E-state index contributed by atoms with van der Waals surface area (Å²) in [6, 6.07) is 5.00. The van der Waals surface area contributed by atoms with E-state index in [1.165, 1.54) is 29.8 Å². The Balaban J connectivity index is 1.27. The number of amides is 1. The van der Waals surface area contributed by atoms with E-state index in [1.807, 2.05) is 0 Å². The number of benzene rings is 1. The Labute approximate surface area is 227 Å². The van der Waals surface area contributed by atoms with Gasteiger partial charge in [-0.25, -0.2) is 9.59 Å². The molecule has 2 aliphatic heterocycles. The fourth-order valence-corrected chi connectivity index (χ4v) is 5.08. The summed E-state index contributed by atoms with van der Waals surface area (Å²) in [5, 5.41) is 13.5. The molecule has 1 spiro atoms. The van der Waals surface area contributed by atoms with Gasteiger partial charge in [-0.05, 0) is 59.1 Å². The highest BCUT2D eigenvalue weighted by atomic mass is 16.7. The predicted octanol–water partition coefficient (Wildman–Crippen LogP) is 4.30. The van der Waals surface area contributed by atoms with Gasteiger partial charge < -0.3 is 33.7 Å². The number of ether oxygens (including phenoxy) is 6. The second kappa shape index (κ2) is 11.5. The van der Waals surface area contributed by atoms with Crippen LogP contribution in [-0.2, 0) is 23.7 Å². The number of allylic oxidation sites excluding steroid dienone is 1. The first-order valence-electron chi connectivity index (χ1n) is 13.0. The van der Waals surface area contributed by atoms with Crippen LogP contribution in [0.5, 0.6) is 5.75 Å². The fourth-order valence-electron chi connectivity index (χ4n) is 5.08. The van der Waals surface area contributed by atoms with Crippen LogP contribution in [0.3, 0.4) is 0 Å². The van der Waals surface area contributed by atoms with Gasteiger partial charge in [0.15, 0.2) is 0 Å². The predicted molar refractivity (Wildman–Crippen MR) is 137 cm³/mol. The Morgan fingerprint density at radius 2 is 1.95 bits per heavy atom. The van der Waals surface area contributed by atoms with Crippen molar-refractivity contribution >= 4 is 17.9 Å². The number of nitro benzene ring substituents is 1. The molecule has 2 saturated heterocycles. The molecule has 12 nitrogen and oxygen atoms in total. The van der Waals surface area contributed by atoms with Gasteiger partial charge >= 0.3 is 12.2 Å². The van der Waals surface area contributed by atoms with Crippen LogP contribution in [0.15, 0.2) is 35.9 Å². The zero-order chi connectivity index (χ0) is 28.4. The molecule has 0 aromatic heterocycles. The van der Waals surface area contributed by atoms with Crippen molar-refractivity contribution < 1.29 is 42.9 Å². The summed E-state index contributed by atoms with van der Waals surface area (Å²) in [6.45, 7) is 7.89. The molecule has 1 amide bonds. The van der Waals surface area contributed by atoms with Gasteiger partial charge in [-0.3, -0.25) is 10.1 Å². The highest BCUT2D eigenvalue weighted by Gasteiger charge is 2.66. The highest BCUT2D eigenvalue weighted by Crippen LogP contribution is 2.54. The first-order chi connectivity index (χ1) is 18.4. The number of alkyl carbamates (subject to hydrolysis) is 1. The van der Waals surface area contributed by atoms with Crippen LogP contribution >= 0.6 is 0 Å². The maximum atomic E-state index is 12.8. The summed E-state index contributed by atoms with van der Waals surface area (Å²) in [4.78, 5) is 35.1. The maximum Gasteiger partial charge on any atom is 0.513 e. The summed E-state index contributed by atoms with van der Waals surface area (Å²) in [5.41, 5.74) is -0.165. The quantitative estimate of drug-likeness (QED) is 0.112. The molecule has 1 saturated carbocycles. The van der Waals surface area contributed by atoms with E-state index >= 15 is 0 Å². The molecule has 1 aromatic rings. The Morgan fingerprint density at radius 1 is 1.26 bits per heavy atom. The summed E-state index contributed by atoms with van der Waals surface area (Å²) in [6.07, 6.45) is 1.83. The van der Waals surface area contributed by atoms with Crippen LogP contribution in [0.1, 0.15) is 47.0 Å². The van der Waals surface area contributed by atoms with Crippen molar-refractivity contribution in [2.45, 2.75) is 82.5 Å². The zero-order valence-electron chi connectivity index (χ0n) is 22.8. The van der Waals surface area contributed by atoms with Gasteiger partial charge in [0.05, 0.1) is 34.9 Å². The molecule has 2 heterocycles. The van der Waals surface area contributed by atoms with E-state index in [4.69, 9.17) is 28.4 Å². The van der Waals surface area contributed by atoms with Gasteiger partial charge in [0, 0.05) is 25.2 Å². The van der Waals surface area contributed by atoms with Gasteiger partial charge in [0.2, 0.25) is 0 Å². The Bertz CT molecular complexity index is 1090. The summed E-state index contributed by atoms with van der Waals surface area (Å²) < 4.78 is 33.7. The topological polar surface area (TPSA) is 151 Å². The molecular formula is C27H36N2O10. The first kappa shape index (κ1) is 28.8. The number of carbonyl (C=O) groups excluding carboxylic acids is 2. The minimum Gasteiger partial charge on any atom is -0.443 e. The van der Waals surface area contributed by atoms with E-state index in [2.05, 4.69) is 25.2 Å². The van der Waals surface area contributed by atoms with Gasteiger partial charge in [0.25, 0.3) is 5.69 Å². The molecule has 0 radical (unpaired) electrons. The minimum atomic E-state index is -1.01. The number of methoxy groups -OCH3 is 1. The SMILES string of the molecule is COC1C(OC(=O)NC(C)(C)COC(=O)Oc2ccc([N+](=O)[O-])cc2)CCC2(CO2)C1C1O[C@@H]1CC=C(C)C. The van der Waals surface area contributed by atoms with Gasteiger partial charge in [-0.15, -0.1) is 0 Å². The molecule has 4 rings (SSSR count). The zero-order valence-corrected chi connectivity index (χ0v) is 22.8. The Kier molecular flexibility index (Phi) is 8.48. The van der Waals surface area contributed by atoms with Gasteiger partial charge in [-0.1, -0.05) is 11.6 Å². The highest BCUT2D eigenvalue weighted by molar-refractivity contribution is 5.69. The molecule has 3 fully saturated rings. The molecule has 214 valence electrons. The first-order valence-corrected chi connectivity index (χ1v) is 13.0. The molecule has 0 bridgehead atoms. The standard InChI is InChI=1S/C27H36N2O10/c1-16(2)6-11-19-23(38-19)21-22(34-5)20(12-13-27(21)15-36-27)39-24(30)28-26(3,4)14-35-25(31)37-18-9-7-17(8-10-18)29(32)33/h6-10,19-23H,11-15H2,1-5H3,(H,28,30)/t19-,20?,21?,22?,23?,27?/m1/s1. The molecule has 1 N–H and O–H groups in total. The molecule has 1 aromatic carbocycles. The third-order valence-corrected chi connectivity index (χ3v) is 7.20. The fraction of sp³-hybridized carbons (Fsp3) is 0.630. The molecule has 6 atom stereocenters. The molecule has 1 aliphatic carbocycles. The van der Waals surface area contributed by atoms with Gasteiger partial charge in [0.1, 0.15) is 24.6 Å². The van der Waals surface area contributed by atoms with Crippen molar-refractivity contribution in [1.29, 1.82) is 0 Å². The van der Waals surface area contributed by atoms with E-state index < -0.39 is 28.8 Å². The van der Waals surface area contributed by atoms with E-state index in [-0.39, 0.29) is 47.9 Å². The molecule has 39 heavy (non-hydrogen) atoms. The number of hydrogen-bond acceptors (Lipinski definition) is 10.